The number of rotatable bonds is 8. The summed E-state index contributed by atoms with van der Waals surface area (Å²) in [4.78, 5) is 24.6. The molecular weight excluding hydrogens is 512 g/mol. The standard InChI is InChI=1S/C24H26O14/c1-34-14-5-10(6-15(35-2)19(14)29)3-4-17(27)38-24-22(32)21(31)20(30)16(37-24)9-36-23(33)11-7-12(25)18(28)13(26)8-11/h3-8,16,20-22,24-26,28-32H,9H2,1-2H3. The van der Waals surface area contributed by atoms with E-state index >= 15 is 0 Å². The molecule has 5 atom stereocenters. The third-order valence-corrected chi connectivity index (χ3v) is 5.50. The van der Waals surface area contributed by atoms with E-state index in [4.69, 9.17) is 23.7 Å². The summed E-state index contributed by atoms with van der Waals surface area (Å²) in [6.45, 7) is -0.691. The molecule has 206 valence electrons. The summed E-state index contributed by atoms with van der Waals surface area (Å²) >= 11 is 0. The van der Waals surface area contributed by atoms with Gasteiger partial charge in [0.15, 0.2) is 28.7 Å². The Kier molecular flexibility index (Phi) is 8.85. The molecule has 0 radical (unpaired) electrons. The molecule has 0 spiro atoms. The lowest BCUT2D eigenvalue weighted by Gasteiger charge is -2.39. The van der Waals surface area contributed by atoms with E-state index in [0.29, 0.717) is 5.56 Å². The van der Waals surface area contributed by atoms with Crippen LogP contribution in [0.2, 0.25) is 0 Å². The molecule has 1 saturated heterocycles. The van der Waals surface area contributed by atoms with Gasteiger partial charge in [-0.25, -0.2) is 9.59 Å². The molecule has 1 aliphatic rings. The Morgan fingerprint density at radius 3 is 2.00 bits per heavy atom. The van der Waals surface area contributed by atoms with Crippen LogP contribution in [0.4, 0.5) is 0 Å². The largest absolute Gasteiger partial charge is 0.504 e. The minimum atomic E-state index is -1.85. The van der Waals surface area contributed by atoms with E-state index in [2.05, 4.69) is 0 Å². The smallest absolute Gasteiger partial charge is 0.338 e. The molecule has 1 aliphatic heterocycles. The van der Waals surface area contributed by atoms with E-state index in [1.165, 1.54) is 32.4 Å². The van der Waals surface area contributed by atoms with E-state index in [0.717, 1.165) is 18.2 Å². The fourth-order valence-electron chi connectivity index (χ4n) is 3.44. The number of hydrogen-bond acceptors (Lipinski definition) is 14. The molecule has 14 heteroatoms. The number of hydrogen-bond donors (Lipinski definition) is 7. The van der Waals surface area contributed by atoms with Crippen molar-refractivity contribution in [1.82, 2.24) is 0 Å². The summed E-state index contributed by atoms with van der Waals surface area (Å²) in [6, 6.07) is 4.46. The highest BCUT2D eigenvalue weighted by atomic mass is 16.7. The number of phenolic OH excluding ortho intramolecular Hbond substituents is 4. The highest BCUT2D eigenvalue weighted by Crippen LogP contribution is 2.38. The van der Waals surface area contributed by atoms with Crippen molar-refractivity contribution in [3.05, 3.63) is 41.5 Å². The van der Waals surface area contributed by atoms with E-state index in [1.807, 2.05) is 0 Å². The average molecular weight is 538 g/mol. The van der Waals surface area contributed by atoms with Gasteiger partial charge in [0.05, 0.1) is 19.8 Å². The van der Waals surface area contributed by atoms with Crippen LogP contribution in [0.25, 0.3) is 6.08 Å². The number of esters is 2. The zero-order chi connectivity index (χ0) is 28.1. The Labute approximate surface area is 215 Å². The summed E-state index contributed by atoms with van der Waals surface area (Å²) in [7, 11) is 2.65. The molecule has 0 saturated carbocycles. The number of carbonyl (C=O) groups is 2. The lowest BCUT2D eigenvalue weighted by molar-refractivity contribution is -0.290. The first-order valence-corrected chi connectivity index (χ1v) is 10.9. The number of ether oxygens (including phenoxy) is 5. The number of aliphatic hydroxyl groups is 3. The summed E-state index contributed by atoms with van der Waals surface area (Å²) in [5.74, 6) is -4.61. The van der Waals surface area contributed by atoms with E-state index < -0.39 is 66.5 Å². The Balaban J connectivity index is 1.66. The van der Waals surface area contributed by atoms with Gasteiger partial charge in [-0.15, -0.1) is 0 Å². The molecule has 14 nitrogen and oxygen atoms in total. The Bertz CT molecular complexity index is 1160. The number of aliphatic hydroxyl groups excluding tert-OH is 3. The molecule has 1 fully saturated rings. The molecule has 2 aromatic rings. The van der Waals surface area contributed by atoms with Gasteiger partial charge in [-0.2, -0.15) is 0 Å². The van der Waals surface area contributed by atoms with Gasteiger partial charge in [0.25, 0.3) is 0 Å². The predicted molar refractivity (Wildman–Crippen MR) is 125 cm³/mol. The van der Waals surface area contributed by atoms with Gasteiger partial charge in [-0.3, -0.25) is 0 Å². The molecule has 3 rings (SSSR count). The quantitative estimate of drug-likeness (QED) is 0.131. The maximum atomic E-state index is 12.3. The first kappa shape index (κ1) is 28.3. The van der Waals surface area contributed by atoms with E-state index in [9.17, 15) is 45.3 Å². The van der Waals surface area contributed by atoms with Crippen LogP contribution in [-0.2, 0) is 19.0 Å². The molecular formula is C24H26O14. The van der Waals surface area contributed by atoms with Crippen LogP contribution in [0.5, 0.6) is 34.5 Å². The second kappa shape index (κ2) is 11.9. The number of aromatic hydroxyl groups is 4. The average Bonchev–Trinajstić information content (AvgIpc) is 2.90. The van der Waals surface area contributed by atoms with Crippen LogP contribution in [0.1, 0.15) is 15.9 Å². The van der Waals surface area contributed by atoms with Crippen LogP contribution in [0.3, 0.4) is 0 Å². The van der Waals surface area contributed by atoms with Gasteiger partial charge in [-0.05, 0) is 35.9 Å². The van der Waals surface area contributed by atoms with Crippen molar-refractivity contribution in [2.75, 3.05) is 20.8 Å². The van der Waals surface area contributed by atoms with E-state index in [-0.39, 0.29) is 22.8 Å². The second-order valence-electron chi connectivity index (χ2n) is 8.02. The first-order chi connectivity index (χ1) is 18.0. The number of phenols is 4. The fourth-order valence-corrected chi connectivity index (χ4v) is 3.44. The SMILES string of the molecule is COc1cc(C=CC(=O)OC2OC(COC(=O)c3cc(O)c(O)c(O)c3)C(O)C(O)C2O)cc(OC)c1O. The van der Waals surface area contributed by atoms with Gasteiger partial charge in [-0.1, -0.05) is 0 Å². The lowest BCUT2D eigenvalue weighted by atomic mass is 9.99. The predicted octanol–water partition coefficient (Wildman–Crippen LogP) is -0.253. The molecule has 1 heterocycles. The molecule has 2 aromatic carbocycles. The second-order valence-corrected chi connectivity index (χ2v) is 8.02. The van der Waals surface area contributed by atoms with Crippen molar-refractivity contribution in [2.45, 2.75) is 30.7 Å². The van der Waals surface area contributed by atoms with Gasteiger partial charge in [0, 0.05) is 6.08 Å². The zero-order valence-corrected chi connectivity index (χ0v) is 20.0. The minimum Gasteiger partial charge on any atom is -0.504 e. The number of benzene rings is 2. The van der Waals surface area contributed by atoms with Crippen molar-refractivity contribution < 1.29 is 69.0 Å². The Morgan fingerprint density at radius 2 is 1.45 bits per heavy atom. The normalized spacial score (nSPS) is 23.1. The number of carbonyl (C=O) groups excluding carboxylic acids is 2. The van der Waals surface area contributed by atoms with Crippen LogP contribution < -0.4 is 9.47 Å². The molecule has 5 unspecified atom stereocenters. The Morgan fingerprint density at radius 1 is 0.868 bits per heavy atom. The van der Waals surface area contributed by atoms with E-state index in [1.54, 1.807) is 0 Å². The first-order valence-electron chi connectivity index (χ1n) is 10.9. The van der Waals surface area contributed by atoms with Crippen molar-refractivity contribution in [3.8, 4) is 34.5 Å². The number of methoxy groups -OCH3 is 2. The van der Waals surface area contributed by atoms with Crippen molar-refractivity contribution in [1.29, 1.82) is 0 Å². The molecule has 0 bridgehead atoms. The maximum absolute atomic E-state index is 12.3. The van der Waals surface area contributed by atoms with Gasteiger partial charge < -0.3 is 59.4 Å². The Hall–Kier alpha value is -4.24. The zero-order valence-electron chi connectivity index (χ0n) is 20.0. The highest BCUT2D eigenvalue weighted by Gasteiger charge is 2.46. The van der Waals surface area contributed by atoms with Gasteiger partial charge in [0.2, 0.25) is 12.0 Å². The van der Waals surface area contributed by atoms with Crippen molar-refractivity contribution in [2.24, 2.45) is 0 Å². The van der Waals surface area contributed by atoms with Gasteiger partial charge >= 0.3 is 11.9 Å². The van der Waals surface area contributed by atoms with Gasteiger partial charge in [0.1, 0.15) is 31.0 Å². The summed E-state index contributed by atoms with van der Waals surface area (Å²) in [5.41, 5.74) is 0.0319. The highest BCUT2D eigenvalue weighted by molar-refractivity contribution is 5.91. The lowest BCUT2D eigenvalue weighted by Crippen LogP contribution is -2.59. The van der Waals surface area contributed by atoms with Crippen molar-refractivity contribution >= 4 is 18.0 Å². The van der Waals surface area contributed by atoms with Crippen LogP contribution in [0, 0.1) is 0 Å². The summed E-state index contributed by atoms with van der Waals surface area (Å²) in [5, 5.41) is 69.0. The topological polar surface area (TPSA) is 222 Å². The molecule has 0 amide bonds. The molecule has 38 heavy (non-hydrogen) atoms. The third-order valence-electron chi connectivity index (χ3n) is 5.50. The summed E-state index contributed by atoms with van der Waals surface area (Å²) < 4.78 is 25.4. The monoisotopic (exact) mass is 538 g/mol. The molecule has 7 N–H and O–H groups in total. The summed E-state index contributed by atoms with van der Waals surface area (Å²) in [6.07, 6.45) is -6.42. The van der Waals surface area contributed by atoms with Crippen molar-refractivity contribution in [3.63, 3.8) is 0 Å². The third kappa shape index (κ3) is 6.18. The van der Waals surface area contributed by atoms with Crippen LogP contribution in [0.15, 0.2) is 30.3 Å². The molecule has 0 aromatic heterocycles. The van der Waals surface area contributed by atoms with Crippen LogP contribution in [-0.4, -0.2) is 99.2 Å². The minimum absolute atomic E-state index is 0.0793. The fraction of sp³-hybridized carbons (Fsp3) is 0.333. The van der Waals surface area contributed by atoms with Crippen LogP contribution >= 0.6 is 0 Å². The molecule has 0 aliphatic carbocycles. The maximum Gasteiger partial charge on any atom is 0.338 e.